The van der Waals surface area contributed by atoms with Crippen molar-refractivity contribution >= 4 is 41.3 Å². The van der Waals surface area contributed by atoms with Crippen LogP contribution in [0.4, 0.5) is 0 Å². The number of hydrogen-bond acceptors (Lipinski definition) is 3. The van der Waals surface area contributed by atoms with Gasteiger partial charge in [0.05, 0.1) is 11.9 Å². The van der Waals surface area contributed by atoms with Crippen molar-refractivity contribution in [3.63, 3.8) is 0 Å². The molecule has 28 heavy (non-hydrogen) atoms. The largest absolute Gasteiger partial charge is 0.356 e. The maximum Gasteiger partial charge on any atom is 0.191 e. The van der Waals surface area contributed by atoms with Crippen LogP contribution in [0.25, 0.3) is 5.69 Å². The molecule has 1 aromatic carbocycles. The average molecular weight is 509 g/mol. The number of nitrogens with zero attached hydrogens (tertiary/aromatic N) is 3. The summed E-state index contributed by atoms with van der Waals surface area (Å²) >= 11 is 1.80. The Balaban J connectivity index is 0.00000280. The minimum absolute atomic E-state index is 0. The van der Waals surface area contributed by atoms with E-state index in [-0.39, 0.29) is 29.4 Å². The van der Waals surface area contributed by atoms with Crippen molar-refractivity contribution in [2.45, 2.75) is 25.7 Å². The van der Waals surface area contributed by atoms with Crippen LogP contribution in [0.3, 0.4) is 0 Å². The van der Waals surface area contributed by atoms with Gasteiger partial charge < -0.3 is 10.6 Å². The molecule has 3 rings (SSSR count). The molecule has 0 amide bonds. The highest BCUT2D eigenvalue weighted by Crippen LogP contribution is 2.26. The quantitative estimate of drug-likeness (QED) is 0.285. The summed E-state index contributed by atoms with van der Waals surface area (Å²) in [6, 6.07) is 14.4. The molecule has 2 heterocycles. The fourth-order valence-electron chi connectivity index (χ4n) is 2.81. The summed E-state index contributed by atoms with van der Waals surface area (Å²) in [4.78, 5) is 5.71. The third kappa shape index (κ3) is 6.07. The zero-order valence-corrected chi connectivity index (χ0v) is 19.7. The highest BCUT2D eigenvalue weighted by atomic mass is 127. The Labute approximate surface area is 188 Å². The third-order valence-electron chi connectivity index (χ3n) is 4.47. The zero-order valence-electron chi connectivity index (χ0n) is 16.6. The van der Waals surface area contributed by atoms with Gasteiger partial charge in [0.1, 0.15) is 0 Å². The number of para-hydroxylation sites is 1. The Morgan fingerprint density at radius 1 is 1.14 bits per heavy atom. The predicted octanol–water partition coefficient (Wildman–Crippen LogP) is 4.24. The first-order chi connectivity index (χ1) is 13.1. The number of aliphatic imine (C=N–C) groups is 1. The summed E-state index contributed by atoms with van der Waals surface area (Å²) in [6.07, 6.45) is 4.89. The number of nitrogens with one attached hydrogen (secondary N) is 2. The van der Waals surface area contributed by atoms with E-state index in [2.05, 4.69) is 70.4 Å². The summed E-state index contributed by atoms with van der Waals surface area (Å²) < 4.78 is 1.91. The van der Waals surface area contributed by atoms with Crippen LogP contribution in [0.15, 0.2) is 65.2 Å². The van der Waals surface area contributed by atoms with Gasteiger partial charge in [0.15, 0.2) is 5.96 Å². The van der Waals surface area contributed by atoms with E-state index in [9.17, 15) is 0 Å². The molecule has 2 aromatic heterocycles. The third-order valence-corrected chi connectivity index (χ3v) is 5.71. The van der Waals surface area contributed by atoms with Gasteiger partial charge in [-0.3, -0.25) is 4.99 Å². The van der Waals surface area contributed by atoms with E-state index in [1.165, 1.54) is 10.4 Å². The minimum atomic E-state index is 0. The second-order valence-electron chi connectivity index (χ2n) is 7.09. The lowest BCUT2D eigenvalue weighted by atomic mass is 9.91. The number of rotatable bonds is 7. The summed E-state index contributed by atoms with van der Waals surface area (Å²) in [6.45, 7) is 6.13. The van der Waals surface area contributed by atoms with Gasteiger partial charge in [0, 0.05) is 36.6 Å². The fraction of sp³-hybridized carbons (Fsp3) is 0.333. The lowest BCUT2D eigenvalue weighted by Crippen LogP contribution is -2.43. The summed E-state index contributed by atoms with van der Waals surface area (Å²) in [5.74, 6) is 0.829. The average Bonchev–Trinajstić information content (AvgIpc) is 3.37. The standard InChI is InChI=1S/C21H27N5S.HI/c1-21(2,19-10-7-13-27-19)16-24-20(22-3)23-12-11-17-14-25-26(15-17)18-8-5-4-6-9-18;/h4-10,13-15H,11-12,16H2,1-3H3,(H2,22,23,24);1H. The van der Waals surface area contributed by atoms with E-state index in [0.717, 1.165) is 31.2 Å². The van der Waals surface area contributed by atoms with E-state index >= 15 is 0 Å². The van der Waals surface area contributed by atoms with Crippen LogP contribution in [-0.4, -0.2) is 35.9 Å². The van der Waals surface area contributed by atoms with Gasteiger partial charge in [-0.2, -0.15) is 5.10 Å². The number of guanidine groups is 1. The summed E-state index contributed by atoms with van der Waals surface area (Å²) in [5.41, 5.74) is 2.34. The number of hydrogen-bond donors (Lipinski definition) is 2. The molecule has 0 aliphatic heterocycles. The molecule has 0 aliphatic rings. The molecule has 0 saturated carbocycles. The SMILES string of the molecule is CN=C(NCCc1cnn(-c2ccccc2)c1)NCC(C)(C)c1cccs1.I. The highest BCUT2D eigenvalue weighted by molar-refractivity contribution is 14.0. The minimum Gasteiger partial charge on any atom is -0.356 e. The molecule has 2 N–H and O–H groups in total. The highest BCUT2D eigenvalue weighted by Gasteiger charge is 2.21. The Hall–Kier alpha value is -1.87. The topological polar surface area (TPSA) is 54.2 Å². The van der Waals surface area contributed by atoms with Crippen LogP contribution >= 0.6 is 35.3 Å². The van der Waals surface area contributed by atoms with E-state index in [1.54, 1.807) is 18.4 Å². The van der Waals surface area contributed by atoms with Gasteiger partial charge in [-0.05, 0) is 35.6 Å². The Morgan fingerprint density at radius 3 is 2.61 bits per heavy atom. The molecule has 0 saturated heterocycles. The van der Waals surface area contributed by atoms with Crippen LogP contribution < -0.4 is 10.6 Å². The number of halogens is 1. The molecule has 7 heteroatoms. The summed E-state index contributed by atoms with van der Waals surface area (Å²) in [7, 11) is 1.81. The zero-order chi connectivity index (χ0) is 19.1. The maximum absolute atomic E-state index is 4.45. The van der Waals surface area contributed by atoms with E-state index in [1.807, 2.05) is 29.1 Å². The lowest BCUT2D eigenvalue weighted by molar-refractivity contribution is 0.518. The van der Waals surface area contributed by atoms with Gasteiger partial charge in [0.25, 0.3) is 0 Å². The van der Waals surface area contributed by atoms with Gasteiger partial charge >= 0.3 is 0 Å². The van der Waals surface area contributed by atoms with Crippen molar-refractivity contribution in [1.29, 1.82) is 0 Å². The molecular weight excluding hydrogens is 481 g/mol. The first kappa shape index (κ1) is 22.4. The Kier molecular flexibility index (Phi) is 8.50. The van der Waals surface area contributed by atoms with Crippen molar-refractivity contribution in [3.05, 3.63) is 70.7 Å². The van der Waals surface area contributed by atoms with Gasteiger partial charge in [-0.15, -0.1) is 35.3 Å². The Morgan fingerprint density at radius 2 is 1.93 bits per heavy atom. The number of aromatic nitrogens is 2. The molecular formula is C21H28IN5S. The maximum atomic E-state index is 4.45. The van der Waals surface area contributed by atoms with Crippen LogP contribution in [0.5, 0.6) is 0 Å². The second-order valence-corrected chi connectivity index (χ2v) is 8.04. The predicted molar refractivity (Wildman–Crippen MR) is 129 cm³/mol. The van der Waals surface area contributed by atoms with Crippen molar-refractivity contribution in [2.75, 3.05) is 20.1 Å². The van der Waals surface area contributed by atoms with E-state index in [0.29, 0.717) is 0 Å². The van der Waals surface area contributed by atoms with Crippen LogP contribution in [0, 0.1) is 0 Å². The van der Waals surface area contributed by atoms with E-state index in [4.69, 9.17) is 0 Å². The normalized spacial score (nSPS) is 11.8. The van der Waals surface area contributed by atoms with Gasteiger partial charge in [-0.1, -0.05) is 38.1 Å². The van der Waals surface area contributed by atoms with Gasteiger partial charge in [0.2, 0.25) is 0 Å². The van der Waals surface area contributed by atoms with Crippen molar-refractivity contribution in [1.82, 2.24) is 20.4 Å². The molecule has 0 radical (unpaired) electrons. The van der Waals surface area contributed by atoms with Gasteiger partial charge in [-0.25, -0.2) is 4.68 Å². The molecule has 0 aliphatic carbocycles. The summed E-state index contributed by atoms with van der Waals surface area (Å²) in [5, 5.41) is 13.4. The first-order valence-corrected chi connectivity index (χ1v) is 10.0. The number of benzene rings is 1. The monoisotopic (exact) mass is 509 g/mol. The smallest absolute Gasteiger partial charge is 0.191 e. The first-order valence-electron chi connectivity index (χ1n) is 9.16. The van der Waals surface area contributed by atoms with Crippen LogP contribution in [0.1, 0.15) is 24.3 Å². The molecule has 0 bridgehead atoms. The van der Waals surface area contributed by atoms with Crippen LogP contribution in [0.2, 0.25) is 0 Å². The van der Waals surface area contributed by atoms with Crippen molar-refractivity contribution in [2.24, 2.45) is 4.99 Å². The van der Waals surface area contributed by atoms with E-state index < -0.39 is 0 Å². The fourth-order valence-corrected chi connectivity index (χ4v) is 3.66. The molecule has 0 spiro atoms. The van der Waals surface area contributed by atoms with Crippen LogP contribution in [-0.2, 0) is 11.8 Å². The molecule has 0 atom stereocenters. The van der Waals surface area contributed by atoms with Crippen molar-refractivity contribution < 1.29 is 0 Å². The Bertz CT molecular complexity index is 856. The molecule has 0 fully saturated rings. The molecule has 3 aromatic rings. The second kappa shape index (κ2) is 10.6. The molecule has 5 nitrogen and oxygen atoms in total. The van der Waals surface area contributed by atoms with Crippen molar-refractivity contribution in [3.8, 4) is 5.69 Å². The molecule has 150 valence electrons. The molecule has 0 unspecified atom stereocenters. The lowest BCUT2D eigenvalue weighted by Gasteiger charge is -2.25. The number of thiophene rings is 1.